The van der Waals surface area contributed by atoms with E-state index in [1.165, 1.54) is 13.8 Å². The molecule has 0 saturated heterocycles. The van der Waals surface area contributed by atoms with Crippen molar-refractivity contribution in [2.75, 3.05) is 0 Å². The Bertz CT molecular complexity index is 721. The van der Waals surface area contributed by atoms with E-state index in [4.69, 9.17) is 0 Å². The van der Waals surface area contributed by atoms with Crippen LogP contribution in [-0.4, -0.2) is 36.4 Å². The van der Waals surface area contributed by atoms with E-state index < -0.39 is 50.3 Å². The normalized spacial score (nSPS) is 20.0. The molecule has 0 unspecified atom stereocenters. The van der Waals surface area contributed by atoms with Gasteiger partial charge in [-0.1, -0.05) is 6.58 Å². The van der Waals surface area contributed by atoms with Gasteiger partial charge in [0.2, 0.25) is 0 Å². The van der Waals surface area contributed by atoms with Gasteiger partial charge in [-0.25, -0.2) is 0 Å². The molecule has 1 rings (SSSR count). The minimum Gasteiger partial charge on any atom is -0.382 e. The van der Waals surface area contributed by atoms with Gasteiger partial charge in [0.1, 0.15) is 5.76 Å². The van der Waals surface area contributed by atoms with Crippen molar-refractivity contribution in [1.29, 1.82) is 0 Å². The molecule has 14 heteroatoms. The van der Waals surface area contributed by atoms with E-state index in [9.17, 15) is 47.9 Å². The molecule has 0 spiro atoms. The highest BCUT2D eigenvalue weighted by Gasteiger charge is 2.86. The van der Waals surface area contributed by atoms with E-state index in [-0.39, 0.29) is 4.91 Å². The van der Waals surface area contributed by atoms with Crippen LogP contribution in [0.15, 0.2) is 23.3 Å². The van der Waals surface area contributed by atoms with Crippen LogP contribution in [-0.2, 0) is 14.3 Å². The average molecular weight is 438 g/mol. The van der Waals surface area contributed by atoms with Crippen LogP contribution in [0.25, 0.3) is 0 Å². The first-order chi connectivity index (χ1) is 11.2. The van der Waals surface area contributed by atoms with Gasteiger partial charge in [-0.15, -0.1) is 11.8 Å². The Labute approximate surface area is 146 Å². The Morgan fingerprint density at radius 2 is 1.50 bits per heavy atom. The number of allylic oxidation sites excluding steroid dienone is 1. The van der Waals surface area contributed by atoms with Crippen molar-refractivity contribution in [2.24, 2.45) is 0 Å². The molecule has 0 aliphatic carbocycles. The van der Waals surface area contributed by atoms with Crippen LogP contribution in [0.3, 0.4) is 0 Å². The van der Waals surface area contributed by atoms with Crippen molar-refractivity contribution in [2.45, 2.75) is 48.3 Å². The lowest BCUT2D eigenvalue weighted by atomic mass is 10.1. The lowest BCUT2D eigenvalue weighted by molar-refractivity contribution is -0.382. The third-order valence-corrected chi connectivity index (χ3v) is 5.33. The van der Waals surface area contributed by atoms with Gasteiger partial charge in [-0.3, -0.25) is 0 Å². The quantitative estimate of drug-likeness (QED) is 0.444. The van der Waals surface area contributed by atoms with E-state index in [1.807, 2.05) is 0 Å². The number of rotatable bonds is 5. The SMILES string of the molecule is C=C1CC(OS(=O)(=O)C(F)(F)C(F)(F)C(F)(F)C(F)(F)F)=CC(C)(C)S1. The maximum Gasteiger partial charge on any atom is 0.460 e. The number of halogens is 9. The zero-order valence-electron chi connectivity index (χ0n) is 12.9. The third-order valence-electron chi connectivity index (χ3n) is 2.93. The fourth-order valence-corrected chi connectivity index (χ4v) is 3.92. The van der Waals surface area contributed by atoms with Crippen molar-refractivity contribution in [3.8, 4) is 0 Å². The van der Waals surface area contributed by atoms with Crippen LogP contribution < -0.4 is 0 Å². The summed E-state index contributed by atoms with van der Waals surface area (Å²) in [5, 5.41) is -6.88. The molecule has 1 aliphatic rings. The predicted molar refractivity (Wildman–Crippen MR) is 74.4 cm³/mol. The van der Waals surface area contributed by atoms with Gasteiger partial charge in [0.25, 0.3) is 0 Å². The molecule has 0 radical (unpaired) electrons. The molecule has 0 aromatic rings. The lowest BCUT2D eigenvalue weighted by Crippen LogP contribution is -2.63. The summed E-state index contributed by atoms with van der Waals surface area (Å²) in [6, 6.07) is 0. The second-order valence-corrected chi connectivity index (χ2v) is 9.15. The molecule has 3 nitrogen and oxygen atoms in total. The minimum absolute atomic E-state index is 0.165. The molecule has 26 heavy (non-hydrogen) atoms. The molecule has 0 aromatic heterocycles. The fourth-order valence-electron chi connectivity index (χ4n) is 1.84. The summed E-state index contributed by atoms with van der Waals surface area (Å²) in [4.78, 5) is 0.165. The van der Waals surface area contributed by atoms with Gasteiger partial charge in [0.05, 0.1) is 0 Å². The molecule has 0 aromatic carbocycles. The first kappa shape index (κ1) is 23.0. The van der Waals surface area contributed by atoms with Crippen LogP contribution in [0.5, 0.6) is 0 Å². The number of hydrogen-bond acceptors (Lipinski definition) is 4. The van der Waals surface area contributed by atoms with Gasteiger partial charge in [-0.05, 0) is 24.8 Å². The van der Waals surface area contributed by atoms with Crippen molar-refractivity contribution < 1.29 is 52.1 Å². The molecule has 152 valence electrons. The predicted octanol–water partition coefficient (Wildman–Crippen LogP) is 5.07. The average Bonchev–Trinajstić information content (AvgIpc) is 2.32. The monoisotopic (exact) mass is 438 g/mol. The largest absolute Gasteiger partial charge is 0.460 e. The smallest absolute Gasteiger partial charge is 0.382 e. The molecule has 0 fully saturated rings. The van der Waals surface area contributed by atoms with E-state index >= 15 is 0 Å². The zero-order chi connectivity index (χ0) is 21.0. The molecule has 0 saturated carbocycles. The Balaban J connectivity index is 3.34. The van der Waals surface area contributed by atoms with Crippen LogP contribution in [0, 0.1) is 0 Å². The second kappa shape index (κ2) is 6.24. The van der Waals surface area contributed by atoms with E-state index in [0.717, 1.165) is 17.8 Å². The lowest BCUT2D eigenvalue weighted by Gasteiger charge is -2.33. The summed E-state index contributed by atoms with van der Waals surface area (Å²) < 4.78 is 141. The highest BCUT2D eigenvalue weighted by molar-refractivity contribution is 8.04. The van der Waals surface area contributed by atoms with E-state index in [0.29, 0.717) is 0 Å². The van der Waals surface area contributed by atoms with Gasteiger partial charge in [0, 0.05) is 11.2 Å². The summed E-state index contributed by atoms with van der Waals surface area (Å²) in [7, 11) is -6.92. The van der Waals surface area contributed by atoms with Gasteiger partial charge in [0.15, 0.2) is 0 Å². The zero-order valence-corrected chi connectivity index (χ0v) is 14.6. The van der Waals surface area contributed by atoms with Crippen LogP contribution in [0.2, 0.25) is 0 Å². The van der Waals surface area contributed by atoms with Gasteiger partial charge >= 0.3 is 33.4 Å². The Hall–Kier alpha value is -1.05. The molecule has 0 atom stereocenters. The number of hydrogen-bond donors (Lipinski definition) is 0. The Kier molecular flexibility index (Phi) is 5.52. The van der Waals surface area contributed by atoms with Gasteiger partial charge < -0.3 is 4.18 Å². The summed E-state index contributed by atoms with van der Waals surface area (Å²) in [5.41, 5.74) is 0. The van der Waals surface area contributed by atoms with Crippen LogP contribution in [0.4, 0.5) is 39.5 Å². The van der Waals surface area contributed by atoms with Crippen LogP contribution in [0.1, 0.15) is 20.3 Å². The Morgan fingerprint density at radius 1 is 1.04 bits per heavy atom. The molecule has 0 amide bonds. The first-order valence-corrected chi connectivity index (χ1v) is 8.63. The molecule has 1 heterocycles. The molecule has 1 aliphatic heterocycles. The number of alkyl halides is 9. The summed E-state index contributed by atoms with van der Waals surface area (Å²) >= 11 is 1.04. The standard InChI is InChI=1S/C12H11F9O3S2/c1-6-4-7(5-8(2,3)25-6)24-26(22,23)12(20,21)10(15,16)9(13,14)11(17,18)19/h5H,1,4H2,2-3H3. The molecule has 0 bridgehead atoms. The number of thioether (sulfide) groups is 1. The first-order valence-electron chi connectivity index (χ1n) is 6.41. The Morgan fingerprint density at radius 3 is 1.88 bits per heavy atom. The summed E-state index contributed by atoms with van der Waals surface area (Å²) in [5.74, 6) is -15.5. The van der Waals surface area contributed by atoms with E-state index in [2.05, 4.69) is 10.8 Å². The molecular formula is C12H11F9O3S2. The maximum atomic E-state index is 13.6. The highest BCUT2D eigenvalue weighted by Crippen LogP contribution is 2.55. The van der Waals surface area contributed by atoms with Crippen LogP contribution >= 0.6 is 11.8 Å². The van der Waals surface area contributed by atoms with Gasteiger partial charge in [-0.2, -0.15) is 47.9 Å². The highest BCUT2D eigenvalue weighted by atomic mass is 32.2. The maximum absolute atomic E-state index is 13.6. The van der Waals surface area contributed by atoms with Crippen molar-refractivity contribution in [1.82, 2.24) is 0 Å². The topological polar surface area (TPSA) is 43.4 Å². The fraction of sp³-hybridized carbons (Fsp3) is 0.667. The minimum atomic E-state index is -7.33. The van der Waals surface area contributed by atoms with E-state index in [1.54, 1.807) is 0 Å². The third kappa shape index (κ3) is 3.80. The summed E-state index contributed by atoms with van der Waals surface area (Å²) in [6.45, 7) is 6.28. The summed E-state index contributed by atoms with van der Waals surface area (Å²) in [6.07, 6.45) is -6.75. The molecule has 0 N–H and O–H groups in total. The van der Waals surface area contributed by atoms with Crippen molar-refractivity contribution in [3.63, 3.8) is 0 Å². The van der Waals surface area contributed by atoms with Crippen molar-refractivity contribution >= 4 is 21.9 Å². The van der Waals surface area contributed by atoms with Crippen molar-refractivity contribution in [3.05, 3.63) is 23.3 Å². The molecular weight excluding hydrogens is 427 g/mol. The second-order valence-electron chi connectivity index (χ2n) is 5.73.